The van der Waals surface area contributed by atoms with E-state index in [1.807, 2.05) is 0 Å². The van der Waals surface area contributed by atoms with Gasteiger partial charge in [-0.25, -0.2) is 0 Å². The van der Waals surface area contributed by atoms with Gasteiger partial charge in [0.1, 0.15) is 0 Å². The van der Waals surface area contributed by atoms with Crippen LogP contribution < -0.4 is 0 Å². The molecule has 2 rings (SSSR count). The second kappa shape index (κ2) is 6.20. The van der Waals surface area contributed by atoms with Crippen molar-refractivity contribution >= 4 is 0 Å². The standard InChI is InChI=1S/C16H25N/c1-14(2)7-5-6-11-17-12-10-15-8-3-4-9-16(15)13-17/h3-4,8-9,14H,5-7,10-13H2,1-2H3. The van der Waals surface area contributed by atoms with Crippen molar-refractivity contribution in [2.45, 2.75) is 46.1 Å². The smallest absolute Gasteiger partial charge is 0.0236 e. The molecule has 0 amide bonds. The monoisotopic (exact) mass is 231 g/mol. The molecule has 0 unspecified atom stereocenters. The number of hydrogen-bond acceptors (Lipinski definition) is 1. The van der Waals surface area contributed by atoms with E-state index in [-0.39, 0.29) is 0 Å². The number of benzene rings is 1. The molecule has 1 aromatic carbocycles. The number of hydrogen-bond donors (Lipinski definition) is 0. The summed E-state index contributed by atoms with van der Waals surface area (Å²) in [5, 5.41) is 0. The number of nitrogens with zero attached hydrogens (tertiary/aromatic N) is 1. The zero-order valence-corrected chi connectivity index (χ0v) is 11.3. The molecule has 0 aromatic heterocycles. The first-order valence-corrected chi connectivity index (χ1v) is 7.05. The number of unbranched alkanes of at least 4 members (excludes halogenated alkanes) is 1. The molecule has 0 atom stereocenters. The largest absolute Gasteiger partial charge is 0.299 e. The fourth-order valence-electron chi connectivity index (χ4n) is 2.63. The van der Waals surface area contributed by atoms with E-state index in [2.05, 4.69) is 43.0 Å². The maximum absolute atomic E-state index is 2.61. The Morgan fingerprint density at radius 2 is 1.88 bits per heavy atom. The lowest BCUT2D eigenvalue weighted by molar-refractivity contribution is 0.246. The molecule has 0 radical (unpaired) electrons. The quantitative estimate of drug-likeness (QED) is 0.695. The third-order valence-electron chi connectivity index (χ3n) is 3.72. The van der Waals surface area contributed by atoms with Gasteiger partial charge in [-0.2, -0.15) is 0 Å². The van der Waals surface area contributed by atoms with Gasteiger partial charge >= 0.3 is 0 Å². The molecule has 1 aromatic rings. The molecule has 0 fully saturated rings. The summed E-state index contributed by atoms with van der Waals surface area (Å²) in [7, 11) is 0. The molecule has 1 aliphatic heterocycles. The van der Waals surface area contributed by atoms with Crippen molar-refractivity contribution < 1.29 is 0 Å². The van der Waals surface area contributed by atoms with Gasteiger partial charge < -0.3 is 0 Å². The molecule has 0 spiro atoms. The van der Waals surface area contributed by atoms with Crippen molar-refractivity contribution in [3.63, 3.8) is 0 Å². The zero-order chi connectivity index (χ0) is 12.1. The van der Waals surface area contributed by atoms with Crippen LogP contribution in [0.5, 0.6) is 0 Å². The second-order valence-corrected chi connectivity index (χ2v) is 5.68. The van der Waals surface area contributed by atoms with E-state index >= 15 is 0 Å². The summed E-state index contributed by atoms with van der Waals surface area (Å²) < 4.78 is 0. The van der Waals surface area contributed by atoms with Gasteiger partial charge in [0.15, 0.2) is 0 Å². The second-order valence-electron chi connectivity index (χ2n) is 5.68. The highest BCUT2D eigenvalue weighted by atomic mass is 15.1. The predicted octanol–water partition coefficient (Wildman–Crippen LogP) is 3.87. The fraction of sp³-hybridized carbons (Fsp3) is 0.625. The number of fused-ring (bicyclic) bond motifs is 1. The van der Waals surface area contributed by atoms with Crippen LogP contribution in [0, 0.1) is 5.92 Å². The van der Waals surface area contributed by atoms with Gasteiger partial charge in [-0.15, -0.1) is 0 Å². The molecular formula is C16H25N. The van der Waals surface area contributed by atoms with Crippen LogP contribution >= 0.6 is 0 Å². The van der Waals surface area contributed by atoms with E-state index < -0.39 is 0 Å². The van der Waals surface area contributed by atoms with Crippen molar-refractivity contribution in [3.8, 4) is 0 Å². The Balaban J connectivity index is 1.75. The molecule has 0 aliphatic carbocycles. The Bertz CT molecular complexity index is 343. The zero-order valence-electron chi connectivity index (χ0n) is 11.3. The Morgan fingerprint density at radius 3 is 2.65 bits per heavy atom. The van der Waals surface area contributed by atoms with E-state index in [9.17, 15) is 0 Å². The average molecular weight is 231 g/mol. The van der Waals surface area contributed by atoms with E-state index in [0.717, 1.165) is 12.5 Å². The van der Waals surface area contributed by atoms with Crippen LogP contribution in [0.1, 0.15) is 44.2 Å². The third-order valence-corrected chi connectivity index (χ3v) is 3.72. The minimum absolute atomic E-state index is 0.858. The van der Waals surface area contributed by atoms with Gasteiger partial charge in [0.2, 0.25) is 0 Å². The molecule has 17 heavy (non-hydrogen) atoms. The van der Waals surface area contributed by atoms with E-state index in [1.54, 1.807) is 11.1 Å². The van der Waals surface area contributed by atoms with Crippen molar-refractivity contribution in [2.24, 2.45) is 5.92 Å². The Kier molecular flexibility index (Phi) is 4.61. The lowest BCUT2D eigenvalue weighted by Crippen LogP contribution is -2.31. The van der Waals surface area contributed by atoms with Gasteiger partial charge in [-0.3, -0.25) is 4.90 Å². The SMILES string of the molecule is CC(C)CCCCN1CCc2ccccc2C1. The van der Waals surface area contributed by atoms with Crippen LogP contribution in [0.4, 0.5) is 0 Å². The minimum atomic E-state index is 0.858. The van der Waals surface area contributed by atoms with Crippen LogP contribution in [0.2, 0.25) is 0 Å². The minimum Gasteiger partial charge on any atom is -0.299 e. The molecule has 0 bridgehead atoms. The van der Waals surface area contributed by atoms with Crippen LogP contribution in [0.25, 0.3) is 0 Å². The summed E-state index contributed by atoms with van der Waals surface area (Å²) in [5.41, 5.74) is 3.11. The Hall–Kier alpha value is -0.820. The summed E-state index contributed by atoms with van der Waals surface area (Å²) in [6, 6.07) is 8.90. The van der Waals surface area contributed by atoms with Crippen LogP contribution in [0.15, 0.2) is 24.3 Å². The number of rotatable bonds is 5. The van der Waals surface area contributed by atoms with E-state index in [1.165, 1.54) is 38.8 Å². The first-order valence-electron chi connectivity index (χ1n) is 7.05. The first-order chi connectivity index (χ1) is 8.25. The normalized spacial score (nSPS) is 16.2. The van der Waals surface area contributed by atoms with Gasteiger partial charge in [-0.1, -0.05) is 51.0 Å². The Labute approximate surface area is 106 Å². The summed E-state index contributed by atoms with van der Waals surface area (Å²) in [4.78, 5) is 2.61. The summed E-state index contributed by atoms with van der Waals surface area (Å²) >= 11 is 0. The summed E-state index contributed by atoms with van der Waals surface area (Å²) in [6.07, 6.45) is 5.36. The van der Waals surface area contributed by atoms with Crippen molar-refractivity contribution in [3.05, 3.63) is 35.4 Å². The van der Waals surface area contributed by atoms with E-state index in [0.29, 0.717) is 0 Å². The first kappa shape index (κ1) is 12.6. The molecule has 0 saturated carbocycles. The van der Waals surface area contributed by atoms with Crippen LogP contribution in [-0.4, -0.2) is 18.0 Å². The average Bonchev–Trinajstić information content (AvgIpc) is 2.34. The molecule has 0 saturated heterocycles. The molecular weight excluding hydrogens is 206 g/mol. The molecule has 1 heterocycles. The lowest BCUT2D eigenvalue weighted by Gasteiger charge is -2.28. The fourth-order valence-corrected chi connectivity index (χ4v) is 2.63. The topological polar surface area (TPSA) is 3.24 Å². The third kappa shape index (κ3) is 3.85. The van der Waals surface area contributed by atoms with Crippen molar-refractivity contribution in [2.75, 3.05) is 13.1 Å². The van der Waals surface area contributed by atoms with Crippen LogP contribution in [0.3, 0.4) is 0 Å². The molecule has 1 nitrogen and oxygen atoms in total. The molecule has 94 valence electrons. The predicted molar refractivity (Wildman–Crippen MR) is 74.1 cm³/mol. The Morgan fingerprint density at radius 1 is 1.12 bits per heavy atom. The van der Waals surface area contributed by atoms with Gasteiger partial charge in [0, 0.05) is 13.1 Å². The maximum Gasteiger partial charge on any atom is 0.0236 e. The van der Waals surface area contributed by atoms with Crippen LogP contribution in [-0.2, 0) is 13.0 Å². The van der Waals surface area contributed by atoms with Crippen molar-refractivity contribution in [1.29, 1.82) is 0 Å². The highest BCUT2D eigenvalue weighted by Gasteiger charge is 2.14. The molecule has 0 N–H and O–H groups in total. The van der Waals surface area contributed by atoms with E-state index in [4.69, 9.17) is 0 Å². The highest BCUT2D eigenvalue weighted by molar-refractivity contribution is 5.28. The molecule has 1 heteroatoms. The highest BCUT2D eigenvalue weighted by Crippen LogP contribution is 2.19. The lowest BCUT2D eigenvalue weighted by atomic mass is 9.99. The molecule has 1 aliphatic rings. The van der Waals surface area contributed by atoms with Gasteiger partial charge in [0.05, 0.1) is 0 Å². The van der Waals surface area contributed by atoms with Gasteiger partial charge in [0.25, 0.3) is 0 Å². The van der Waals surface area contributed by atoms with Crippen molar-refractivity contribution in [1.82, 2.24) is 4.90 Å². The van der Waals surface area contributed by atoms with Gasteiger partial charge in [-0.05, 0) is 36.4 Å². The maximum atomic E-state index is 2.61. The summed E-state index contributed by atoms with van der Waals surface area (Å²) in [5.74, 6) is 0.858. The summed E-state index contributed by atoms with van der Waals surface area (Å²) in [6.45, 7) is 8.33.